The van der Waals surface area contributed by atoms with Crippen LogP contribution in [0.5, 0.6) is 5.75 Å². The molecular formula is C24H26N6O3S. The van der Waals surface area contributed by atoms with Crippen molar-refractivity contribution in [2.75, 3.05) is 32.5 Å². The number of hydrogen-bond donors (Lipinski definition) is 1. The third kappa shape index (κ3) is 4.51. The van der Waals surface area contributed by atoms with Gasteiger partial charge >= 0.3 is 0 Å². The number of furan rings is 1. The van der Waals surface area contributed by atoms with Crippen LogP contribution in [0.25, 0.3) is 22.5 Å². The quantitative estimate of drug-likeness (QED) is 0.404. The number of ketones is 1. The number of methoxy groups -OCH3 is 1. The van der Waals surface area contributed by atoms with Gasteiger partial charge < -0.3 is 19.5 Å². The molecule has 0 aliphatic carbocycles. The lowest BCUT2D eigenvalue weighted by molar-refractivity contribution is -0.116. The van der Waals surface area contributed by atoms with E-state index in [9.17, 15) is 4.79 Å². The van der Waals surface area contributed by atoms with Crippen LogP contribution in [0, 0.1) is 6.92 Å². The summed E-state index contributed by atoms with van der Waals surface area (Å²) in [5.41, 5.74) is 8.36. The van der Waals surface area contributed by atoms with Crippen molar-refractivity contribution in [2.45, 2.75) is 36.4 Å². The fraction of sp³-hybridized carbons (Fsp3) is 0.333. The molecule has 0 unspecified atom stereocenters. The number of rotatable bonds is 8. The van der Waals surface area contributed by atoms with Gasteiger partial charge in [-0.3, -0.25) is 9.69 Å². The van der Waals surface area contributed by atoms with E-state index in [1.54, 1.807) is 7.11 Å². The first-order valence-electron chi connectivity index (χ1n) is 11.2. The second-order valence-electron chi connectivity index (χ2n) is 8.27. The Morgan fingerprint density at radius 3 is 2.82 bits per heavy atom. The predicted octanol–water partition coefficient (Wildman–Crippen LogP) is 3.80. The topological polar surface area (TPSA) is 112 Å². The predicted molar refractivity (Wildman–Crippen MR) is 130 cm³/mol. The maximum absolute atomic E-state index is 11.6. The van der Waals surface area contributed by atoms with Gasteiger partial charge in [0, 0.05) is 36.5 Å². The fourth-order valence-corrected chi connectivity index (χ4v) is 5.22. The van der Waals surface area contributed by atoms with Gasteiger partial charge in [0.25, 0.3) is 0 Å². The number of likely N-dealkylation sites (tertiary alicyclic amines) is 1. The summed E-state index contributed by atoms with van der Waals surface area (Å²) < 4.78 is 13.5. The van der Waals surface area contributed by atoms with Gasteiger partial charge in [0.15, 0.2) is 22.1 Å². The van der Waals surface area contributed by atoms with Gasteiger partial charge in [-0.2, -0.15) is 0 Å². The van der Waals surface area contributed by atoms with Crippen molar-refractivity contribution in [3.05, 3.63) is 42.4 Å². The van der Waals surface area contributed by atoms with Gasteiger partial charge in [-0.05, 0) is 43.7 Å². The number of nitrogen functional groups attached to an aromatic ring is 1. The number of hydrogen-bond acceptors (Lipinski definition) is 9. The van der Waals surface area contributed by atoms with Gasteiger partial charge in [0.05, 0.1) is 13.7 Å². The molecule has 0 amide bonds. The van der Waals surface area contributed by atoms with E-state index in [2.05, 4.69) is 19.4 Å². The van der Waals surface area contributed by atoms with Gasteiger partial charge in [0.1, 0.15) is 29.4 Å². The summed E-state index contributed by atoms with van der Waals surface area (Å²) in [5.74, 6) is 3.03. The van der Waals surface area contributed by atoms with Crippen molar-refractivity contribution < 1.29 is 13.9 Å². The van der Waals surface area contributed by atoms with E-state index in [0.29, 0.717) is 42.3 Å². The lowest BCUT2D eigenvalue weighted by Gasteiger charge is -2.15. The van der Waals surface area contributed by atoms with Crippen LogP contribution in [0.2, 0.25) is 0 Å². The third-order valence-corrected chi connectivity index (χ3v) is 6.94. The van der Waals surface area contributed by atoms with Crippen LogP contribution in [0.15, 0.2) is 51.1 Å². The van der Waals surface area contributed by atoms with Gasteiger partial charge in [-0.15, -0.1) is 0 Å². The number of fused-ring (bicyclic) bond motifs is 1. The molecule has 1 aromatic carbocycles. The first kappa shape index (κ1) is 22.4. The Balaban J connectivity index is 1.49. The molecule has 34 heavy (non-hydrogen) atoms. The van der Waals surface area contributed by atoms with E-state index in [0.717, 1.165) is 52.4 Å². The van der Waals surface area contributed by atoms with E-state index in [-0.39, 0.29) is 0 Å². The molecule has 0 radical (unpaired) electrons. The molecule has 3 aromatic heterocycles. The molecule has 4 aromatic rings. The first-order chi connectivity index (χ1) is 16.5. The molecule has 0 bridgehead atoms. The summed E-state index contributed by atoms with van der Waals surface area (Å²) in [6, 6.07) is 9.80. The summed E-state index contributed by atoms with van der Waals surface area (Å²) in [4.78, 5) is 28.1. The van der Waals surface area contributed by atoms with Crippen molar-refractivity contribution >= 4 is 34.5 Å². The van der Waals surface area contributed by atoms with E-state index in [1.165, 1.54) is 18.1 Å². The Morgan fingerprint density at radius 1 is 1.21 bits per heavy atom. The number of carbonyl (C=O) groups excluding carboxylic acids is 1. The number of nitrogens with zero attached hydrogens (tertiary/aromatic N) is 5. The molecule has 5 rings (SSSR count). The van der Waals surface area contributed by atoms with Crippen molar-refractivity contribution in [3.8, 4) is 17.1 Å². The molecule has 1 aliphatic rings. The van der Waals surface area contributed by atoms with Gasteiger partial charge in [-0.25, -0.2) is 15.0 Å². The van der Waals surface area contributed by atoms with Crippen LogP contribution < -0.4 is 10.5 Å². The van der Waals surface area contributed by atoms with Crippen LogP contribution in [0.4, 0.5) is 5.82 Å². The molecule has 0 atom stereocenters. The van der Waals surface area contributed by atoms with Crippen molar-refractivity contribution in [2.24, 2.45) is 0 Å². The van der Waals surface area contributed by atoms with Gasteiger partial charge in [0.2, 0.25) is 0 Å². The average molecular weight is 479 g/mol. The molecule has 0 saturated carbocycles. The molecule has 1 fully saturated rings. The number of carbonyl (C=O) groups is 1. The largest absolute Gasteiger partial charge is 0.497 e. The van der Waals surface area contributed by atoms with E-state index in [4.69, 9.17) is 19.9 Å². The van der Waals surface area contributed by atoms with Crippen molar-refractivity contribution in [1.29, 1.82) is 0 Å². The molecule has 0 spiro atoms. The molecule has 176 valence electrons. The second kappa shape index (κ2) is 9.47. The lowest BCUT2D eigenvalue weighted by Crippen LogP contribution is -2.23. The third-order valence-electron chi connectivity index (χ3n) is 5.88. The maximum Gasteiger partial charge on any atom is 0.175 e. The normalized spacial score (nSPS) is 14.4. The molecule has 10 heteroatoms. The molecule has 2 N–H and O–H groups in total. The molecular weight excluding hydrogens is 452 g/mol. The number of ether oxygens (including phenoxy) is 1. The smallest absolute Gasteiger partial charge is 0.175 e. The van der Waals surface area contributed by atoms with E-state index < -0.39 is 0 Å². The maximum atomic E-state index is 11.6. The summed E-state index contributed by atoms with van der Waals surface area (Å²) >= 11 is 1.51. The van der Waals surface area contributed by atoms with Crippen LogP contribution in [0.1, 0.15) is 18.6 Å². The fourth-order valence-electron chi connectivity index (χ4n) is 4.14. The second-order valence-corrected chi connectivity index (χ2v) is 9.28. The zero-order valence-corrected chi connectivity index (χ0v) is 20.0. The van der Waals surface area contributed by atoms with E-state index >= 15 is 0 Å². The molecule has 1 aliphatic heterocycles. The van der Waals surface area contributed by atoms with Crippen molar-refractivity contribution in [3.63, 3.8) is 0 Å². The van der Waals surface area contributed by atoms with Gasteiger partial charge in [-0.1, -0.05) is 11.8 Å². The zero-order valence-electron chi connectivity index (χ0n) is 19.2. The number of Topliss-reactive ketones (excluding diaryl/α,β-unsaturated/α-hetero) is 1. The summed E-state index contributed by atoms with van der Waals surface area (Å²) in [6.45, 7) is 4.83. The van der Waals surface area contributed by atoms with Crippen molar-refractivity contribution in [1.82, 2.24) is 24.4 Å². The first-order valence-corrected chi connectivity index (χ1v) is 12.0. The monoisotopic (exact) mass is 478 g/mol. The SMILES string of the molecule is COc1ccc(-c2ccc(C)o2)c(Sc2nc3c(N)ncnc3n2CCCN2CCC(=O)C2)c1. The number of aryl methyl sites for hydroxylation is 2. The summed E-state index contributed by atoms with van der Waals surface area (Å²) in [6.07, 6.45) is 2.97. The summed E-state index contributed by atoms with van der Waals surface area (Å²) in [7, 11) is 1.65. The number of benzene rings is 1. The number of imidazole rings is 1. The number of aromatic nitrogens is 4. The van der Waals surface area contributed by atoms with Crippen LogP contribution in [-0.2, 0) is 11.3 Å². The minimum Gasteiger partial charge on any atom is -0.497 e. The highest BCUT2D eigenvalue weighted by Gasteiger charge is 2.21. The van der Waals surface area contributed by atoms with Crippen LogP contribution >= 0.6 is 11.8 Å². The van der Waals surface area contributed by atoms with E-state index in [1.807, 2.05) is 37.3 Å². The van der Waals surface area contributed by atoms with Crippen LogP contribution in [-0.4, -0.2) is 56.9 Å². The lowest BCUT2D eigenvalue weighted by atomic mass is 10.1. The summed E-state index contributed by atoms with van der Waals surface area (Å²) in [5, 5.41) is 0.762. The molecule has 9 nitrogen and oxygen atoms in total. The molecule has 1 saturated heterocycles. The highest BCUT2D eigenvalue weighted by molar-refractivity contribution is 7.99. The van der Waals surface area contributed by atoms with Crippen LogP contribution in [0.3, 0.4) is 0 Å². The Hall–Kier alpha value is -3.37. The Morgan fingerprint density at radius 2 is 2.09 bits per heavy atom. The highest BCUT2D eigenvalue weighted by atomic mass is 32.2. The molecule has 4 heterocycles. The average Bonchev–Trinajstić information content (AvgIpc) is 3.54. The minimum atomic E-state index is 0.309. The Bertz CT molecular complexity index is 1350. The zero-order chi connectivity index (χ0) is 23.7. The Labute approximate surface area is 201 Å². The highest BCUT2D eigenvalue weighted by Crippen LogP contribution is 2.39. The Kier molecular flexibility index (Phi) is 6.25. The minimum absolute atomic E-state index is 0.309. The number of nitrogens with two attached hydrogens (primary N) is 1. The standard InChI is InChI=1S/C24H26N6O3S/c1-15-4-7-19(33-15)18-6-5-17(32-2)12-20(18)34-24-28-21-22(25)26-14-27-23(21)30(24)10-3-9-29-11-8-16(31)13-29/h4-7,12,14H,3,8-11,13H2,1-2H3,(H2,25,26,27). The number of anilines is 1.